The van der Waals surface area contributed by atoms with Crippen LogP contribution >= 0.6 is 0 Å². The third-order valence-corrected chi connectivity index (χ3v) is 4.60. The molecule has 0 saturated heterocycles. The molecule has 1 heterocycles. The molecule has 2 amide bonds. The van der Waals surface area contributed by atoms with Gasteiger partial charge in [-0.1, -0.05) is 6.07 Å². The average Bonchev–Trinajstić information content (AvgIpc) is 3.04. The van der Waals surface area contributed by atoms with Gasteiger partial charge < -0.3 is 19.7 Å². The first-order valence-electron chi connectivity index (χ1n) is 9.80. The number of benzene rings is 2. The molecule has 0 spiro atoms. The van der Waals surface area contributed by atoms with Crippen LogP contribution in [0.4, 0.5) is 10.1 Å². The minimum atomic E-state index is -0.446. The number of hydrogen-bond acceptors (Lipinski definition) is 4. The van der Waals surface area contributed by atoms with E-state index in [0.717, 1.165) is 23.3 Å². The normalized spacial score (nSPS) is 14.9. The molecule has 158 valence electrons. The molecule has 6 nitrogen and oxygen atoms in total. The van der Waals surface area contributed by atoms with Gasteiger partial charge in [0, 0.05) is 36.4 Å². The van der Waals surface area contributed by atoms with Crippen molar-refractivity contribution in [1.82, 2.24) is 4.90 Å². The minimum absolute atomic E-state index is 0.109. The molecule has 0 fully saturated rings. The lowest BCUT2D eigenvalue weighted by Gasteiger charge is -2.15. The maximum Gasteiger partial charge on any atom is 0.246 e. The lowest BCUT2D eigenvalue weighted by molar-refractivity contribution is -0.129. The zero-order valence-corrected chi connectivity index (χ0v) is 17.3. The van der Waals surface area contributed by atoms with Crippen LogP contribution in [-0.4, -0.2) is 43.0 Å². The summed E-state index contributed by atoms with van der Waals surface area (Å²) in [6.45, 7) is 4.24. The number of ether oxygens (including phenoxy) is 2. The molecule has 1 aliphatic heterocycles. The Morgan fingerprint density at radius 1 is 1.33 bits per heavy atom. The third kappa shape index (κ3) is 5.37. The van der Waals surface area contributed by atoms with Crippen molar-refractivity contribution < 1.29 is 23.5 Å². The number of nitrogens with one attached hydrogen (secondary N) is 1. The van der Waals surface area contributed by atoms with Crippen molar-refractivity contribution in [2.45, 2.75) is 26.4 Å². The fourth-order valence-electron chi connectivity index (χ4n) is 3.21. The second-order valence-electron chi connectivity index (χ2n) is 7.15. The summed E-state index contributed by atoms with van der Waals surface area (Å²) in [6.07, 6.45) is 3.97. The number of halogens is 1. The number of carbonyl (C=O) groups is 2. The Morgan fingerprint density at radius 3 is 2.87 bits per heavy atom. The predicted molar refractivity (Wildman–Crippen MR) is 113 cm³/mol. The van der Waals surface area contributed by atoms with Crippen molar-refractivity contribution in [2.24, 2.45) is 0 Å². The molecule has 1 N–H and O–H groups in total. The van der Waals surface area contributed by atoms with Gasteiger partial charge in [-0.15, -0.1) is 0 Å². The summed E-state index contributed by atoms with van der Waals surface area (Å²) in [7, 11) is 1.52. The monoisotopic (exact) mass is 412 g/mol. The Bertz CT molecular complexity index is 974. The molecule has 1 aliphatic rings. The molecular formula is C23H25FN2O4. The van der Waals surface area contributed by atoms with Crippen molar-refractivity contribution in [2.75, 3.05) is 25.5 Å². The van der Waals surface area contributed by atoms with Crippen molar-refractivity contribution in [3.05, 3.63) is 59.4 Å². The summed E-state index contributed by atoms with van der Waals surface area (Å²) in [4.78, 5) is 25.8. The Morgan fingerprint density at radius 2 is 2.13 bits per heavy atom. The van der Waals surface area contributed by atoms with Gasteiger partial charge in [-0.3, -0.25) is 9.59 Å². The number of anilines is 1. The highest BCUT2D eigenvalue weighted by atomic mass is 19.1. The van der Waals surface area contributed by atoms with E-state index in [1.165, 1.54) is 36.2 Å². The van der Waals surface area contributed by atoms with E-state index in [1.807, 2.05) is 26.0 Å². The lowest BCUT2D eigenvalue weighted by atomic mass is 10.1. The molecular weight excluding hydrogens is 387 g/mol. The lowest BCUT2D eigenvalue weighted by Crippen LogP contribution is -2.33. The summed E-state index contributed by atoms with van der Waals surface area (Å²) in [5, 5.41) is 2.57. The maximum atomic E-state index is 13.2. The number of rotatable bonds is 7. The fraction of sp³-hybridized carbons (Fsp3) is 0.304. The molecule has 0 saturated carbocycles. The Hall–Kier alpha value is -3.35. The van der Waals surface area contributed by atoms with Gasteiger partial charge >= 0.3 is 0 Å². The van der Waals surface area contributed by atoms with Gasteiger partial charge in [0.2, 0.25) is 11.8 Å². The molecule has 30 heavy (non-hydrogen) atoms. The number of amides is 2. The van der Waals surface area contributed by atoms with Crippen LogP contribution in [0.5, 0.6) is 11.5 Å². The SMILES string of the molecule is CCOc1cc2c(cc1/C=C/C(=O)N(C)CC(=O)Nc1cccc(F)c1)O[C@H](C)C2. The molecule has 0 unspecified atom stereocenters. The highest BCUT2D eigenvalue weighted by Gasteiger charge is 2.21. The van der Waals surface area contributed by atoms with Gasteiger partial charge in [-0.2, -0.15) is 0 Å². The highest BCUT2D eigenvalue weighted by Crippen LogP contribution is 2.35. The minimum Gasteiger partial charge on any atom is -0.493 e. The second-order valence-corrected chi connectivity index (χ2v) is 7.15. The van der Waals surface area contributed by atoms with Crippen LogP contribution in [0.2, 0.25) is 0 Å². The number of carbonyl (C=O) groups excluding carboxylic acids is 2. The van der Waals surface area contributed by atoms with Crippen LogP contribution in [0.1, 0.15) is 25.0 Å². The van der Waals surface area contributed by atoms with Crippen molar-refractivity contribution in [1.29, 1.82) is 0 Å². The Balaban J connectivity index is 1.64. The van der Waals surface area contributed by atoms with Gasteiger partial charge in [0.05, 0.1) is 13.2 Å². The van der Waals surface area contributed by atoms with E-state index in [-0.39, 0.29) is 18.6 Å². The van der Waals surface area contributed by atoms with E-state index in [0.29, 0.717) is 18.0 Å². The van der Waals surface area contributed by atoms with Gasteiger partial charge in [0.1, 0.15) is 23.4 Å². The van der Waals surface area contributed by atoms with Gasteiger partial charge in [0.15, 0.2) is 0 Å². The Labute approximate surface area is 175 Å². The number of nitrogens with zero attached hydrogens (tertiary/aromatic N) is 1. The molecule has 0 aromatic heterocycles. The molecule has 2 aromatic rings. The predicted octanol–water partition coefficient (Wildman–Crippen LogP) is 3.66. The van der Waals surface area contributed by atoms with E-state index < -0.39 is 11.7 Å². The Kier molecular flexibility index (Phi) is 6.72. The molecule has 0 radical (unpaired) electrons. The highest BCUT2D eigenvalue weighted by molar-refractivity contribution is 5.98. The maximum absolute atomic E-state index is 13.2. The molecule has 0 aliphatic carbocycles. The summed E-state index contributed by atoms with van der Waals surface area (Å²) in [5.74, 6) is 0.268. The fourth-order valence-corrected chi connectivity index (χ4v) is 3.21. The summed E-state index contributed by atoms with van der Waals surface area (Å²) in [5.41, 5.74) is 2.15. The van der Waals surface area contributed by atoms with E-state index in [4.69, 9.17) is 9.47 Å². The van der Waals surface area contributed by atoms with Crippen molar-refractivity contribution >= 4 is 23.6 Å². The standard InChI is InChI=1S/C23H25FN2O4/c1-4-29-20-12-17-10-15(2)30-21(17)11-16(20)8-9-23(28)26(3)14-22(27)25-19-7-5-6-18(24)13-19/h5-9,11-13,15H,4,10,14H2,1-3H3,(H,25,27)/b9-8+/t15-/m1/s1. The zero-order chi connectivity index (χ0) is 21.7. The average molecular weight is 412 g/mol. The summed E-state index contributed by atoms with van der Waals surface area (Å²) >= 11 is 0. The first-order chi connectivity index (χ1) is 14.4. The van der Waals surface area contributed by atoms with Crippen LogP contribution in [0.3, 0.4) is 0 Å². The number of likely N-dealkylation sites (N-methyl/N-ethyl adjacent to an activating group) is 1. The summed E-state index contributed by atoms with van der Waals surface area (Å²) < 4.78 is 24.7. The van der Waals surface area contributed by atoms with Crippen molar-refractivity contribution in [3.8, 4) is 11.5 Å². The quantitative estimate of drug-likeness (QED) is 0.705. The second kappa shape index (κ2) is 9.43. The topological polar surface area (TPSA) is 67.9 Å². The van der Waals surface area contributed by atoms with E-state index in [2.05, 4.69) is 5.32 Å². The zero-order valence-electron chi connectivity index (χ0n) is 17.3. The van der Waals surface area contributed by atoms with Crippen molar-refractivity contribution in [3.63, 3.8) is 0 Å². The van der Waals surface area contributed by atoms with Crippen LogP contribution in [-0.2, 0) is 16.0 Å². The molecule has 2 aromatic carbocycles. The molecule has 7 heteroatoms. The van der Waals surface area contributed by atoms with Gasteiger partial charge in [-0.25, -0.2) is 4.39 Å². The number of fused-ring (bicyclic) bond motifs is 1. The van der Waals surface area contributed by atoms with E-state index in [9.17, 15) is 14.0 Å². The van der Waals surface area contributed by atoms with Gasteiger partial charge in [-0.05, 0) is 50.3 Å². The molecule has 0 bridgehead atoms. The smallest absolute Gasteiger partial charge is 0.246 e. The summed E-state index contributed by atoms with van der Waals surface area (Å²) in [6, 6.07) is 9.39. The van der Waals surface area contributed by atoms with Gasteiger partial charge in [0.25, 0.3) is 0 Å². The molecule has 3 rings (SSSR count). The number of hydrogen-bond donors (Lipinski definition) is 1. The first-order valence-corrected chi connectivity index (χ1v) is 9.80. The van der Waals surface area contributed by atoms with E-state index >= 15 is 0 Å². The van der Waals surface area contributed by atoms with E-state index in [1.54, 1.807) is 12.1 Å². The van der Waals surface area contributed by atoms with Crippen LogP contribution in [0, 0.1) is 5.82 Å². The third-order valence-electron chi connectivity index (χ3n) is 4.60. The van der Waals surface area contributed by atoms with Crippen LogP contribution in [0.15, 0.2) is 42.5 Å². The van der Waals surface area contributed by atoms with Crippen LogP contribution in [0.25, 0.3) is 6.08 Å². The van der Waals surface area contributed by atoms with Crippen LogP contribution < -0.4 is 14.8 Å². The first kappa shape index (κ1) is 21.4. The molecule has 1 atom stereocenters. The largest absolute Gasteiger partial charge is 0.493 e.